The minimum atomic E-state index is -4.21. The molecule has 1 heterocycles. The van der Waals surface area contributed by atoms with Crippen molar-refractivity contribution < 1.29 is 17.8 Å². The monoisotopic (exact) mass is 270 g/mol. The zero-order valence-corrected chi connectivity index (χ0v) is 10.9. The summed E-state index contributed by atoms with van der Waals surface area (Å²) in [6.45, 7) is 3.57. The third-order valence-corrected chi connectivity index (χ3v) is 3.64. The van der Waals surface area contributed by atoms with Gasteiger partial charge in [-0.25, -0.2) is 10.4 Å². The van der Waals surface area contributed by atoms with Gasteiger partial charge in [-0.2, -0.15) is 8.42 Å². The summed E-state index contributed by atoms with van der Waals surface area (Å²) < 4.78 is 30.9. The van der Waals surface area contributed by atoms with Crippen LogP contribution in [-0.2, 0) is 14.9 Å². The summed E-state index contributed by atoms with van der Waals surface area (Å²) in [5.74, 6) is -0.0646. The van der Waals surface area contributed by atoms with Crippen LogP contribution in [0.25, 0.3) is 0 Å². The molecule has 1 unspecified atom stereocenters. The number of carbonyl (C=O) groups is 1. The second-order valence-electron chi connectivity index (χ2n) is 4.39. The highest BCUT2D eigenvalue weighted by molar-refractivity contribution is 7.85. The smallest absolute Gasteiger partial charge is 0.282 e. The number of hydrogen-bond donors (Lipinski definition) is 2. The fraction of sp³-hybridized carbons (Fsp3) is 0.364. The van der Waals surface area contributed by atoms with E-state index >= 15 is 0 Å². The lowest BCUT2D eigenvalue weighted by Gasteiger charge is -2.19. The van der Waals surface area contributed by atoms with Crippen LogP contribution < -0.4 is 10.4 Å². The molecule has 1 atom stereocenters. The van der Waals surface area contributed by atoms with E-state index in [0.717, 1.165) is 0 Å². The van der Waals surface area contributed by atoms with Crippen LogP contribution in [0.2, 0.25) is 0 Å². The normalized spacial score (nSPS) is 20.5. The molecule has 1 fully saturated rings. The first kappa shape index (κ1) is 13.0. The van der Waals surface area contributed by atoms with E-state index in [1.165, 1.54) is 23.2 Å². The van der Waals surface area contributed by atoms with E-state index in [1.807, 2.05) is 6.92 Å². The molecule has 98 valence electrons. The average molecular weight is 270 g/mol. The first-order chi connectivity index (χ1) is 8.29. The van der Waals surface area contributed by atoms with Gasteiger partial charge in [-0.15, -0.1) is 0 Å². The van der Waals surface area contributed by atoms with Gasteiger partial charge in [-0.1, -0.05) is 0 Å². The van der Waals surface area contributed by atoms with Crippen molar-refractivity contribution in [3.63, 3.8) is 0 Å². The zero-order chi connectivity index (χ0) is 13.5. The highest BCUT2D eigenvalue weighted by Crippen LogP contribution is 2.25. The number of rotatable bonds is 2. The minimum absolute atomic E-state index is 0.0538. The van der Waals surface area contributed by atoms with E-state index in [4.69, 9.17) is 4.55 Å². The summed E-state index contributed by atoms with van der Waals surface area (Å²) in [6, 6.07) is 4.16. The Balaban J connectivity index is 2.40. The summed E-state index contributed by atoms with van der Waals surface area (Å²) in [7, 11) is -4.21. The van der Waals surface area contributed by atoms with Crippen molar-refractivity contribution in [1.82, 2.24) is 5.43 Å². The Kier molecular flexibility index (Phi) is 3.14. The van der Waals surface area contributed by atoms with Gasteiger partial charge in [-0.3, -0.25) is 9.35 Å². The molecular formula is C11H14N2O4S. The molecule has 0 aliphatic carbocycles. The van der Waals surface area contributed by atoms with Crippen LogP contribution in [0.3, 0.4) is 0 Å². The molecule has 0 radical (unpaired) electrons. The third-order valence-electron chi connectivity index (χ3n) is 2.79. The molecule has 0 spiro atoms. The molecule has 2 rings (SSSR count). The summed E-state index contributed by atoms with van der Waals surface area (Å²) in [5.41, 5.74) is 4.18. The van der Waals surface area contributed by atoms with Crippen molar-refractivity contribution in [1.29, 1.82) is 0 Å². The topological polar surface area (TPSA) is 86.7 Å². The fourth-order valence-electron chi connectivity index (χ4n) is 1.93. The second kappa shape index (κ2) is 4.34. The molecule has 1 aliphatic rings. The fourth-order valence-corrected chi connectivity index (χ4v) is 2.50. The predicted molar refractivity (Wildman–Crippen MR) is 65.7 cm³/mol. The quantitative estimate of drug-likeness (QED) is 0.779. The number of amides is 1. The molecule has 2 N–H and O–H groups in total. The summed E-state index contributed by atoms with van der Waals surface area (Å²) in [4.78, 5) is 11.5. The summed E-state index contributed by atoms with van der Waals surface area (Å²) >= 11 is 0. The van der Waals surface area contributed by atoms with Crippen LogP contribution in [0.5, 0.6) is 0 Å². The predicted octanol–water partition coefficient (Wildman–Crippen LogP) is 0.872. The maximum absolute atomic E-state index is 11.7. The number of hydrazine groups is 1. The summed E-state index contributed by atoms with van der Waals surface area (Å²) in [5, 5.41) is 1.41. The van der Waals surface area contributed by atoms with Crippen LogP contribution in [0.1, 0.15) is 18.9 Å². The Morgan fingerprint density at radius 3 is 2.56 bits per heavy atom. The lowest BCUT2D eigenvalue weighted by molar-refractivity contribution is -0.117. The van der Waals surface area contributed by atoms with E-state index in [2.05, 4.69) is 5.43 Å². The molecule has 0 saturated carbocycles. The van der Waals surface area contributed by atoms with Crippen LogP contribution in [0.4, 0.5) is 5.69 Å². The summed E-state index contributed by atoms with van der Waals surface area (Å²) in [6.07, 6.45) is 0.402. The Hall–Kier alpha value is -1.44. The van der Waals surface area contributed by atoms with Crippen LogP contribution in [0, 0.1) is 6.92 Å². The molecule has 1 aliphatic heterocycles. The second-order valence-corrected chi connectivity index (χ2v) is 5.81. The zero-order valence-electron chi connectivity index (χ0n) is 10.0. The van der Waals surface area contributed by atoms with Gasteiger partial charge < -0.3 is 0 Å². The number of anilines is 1. The van der Waals surface area contributed by atoms with E-state index in [1.54, 1.807) is 6.92 Å². The Bertz CT molecular complexity index is 597. The largest absolute Gasteiger partial charge is 0.294 e. The number of nitrogens with one attached hydrogen (secondary N) is 1. The van der Waals surface area contributed by atoms with Crippen molar-refractivity contribution in [2.45, 2.75) is 31.2 Å². The van der Waals surface area contributed by atoms with Crippen molar-refractivity contribution in [2.24, 2.45) is 0 Å². The molecule has 1 amide bonds. The lowest BCUT2D eigenvalue weighted by Crippen LogP contribution is -2.37. The van der Waals surface area contributed by atoms with Crippen molar-refractivity contribution >= 4 is 21.7 Å². The van der Waals surface area contributed by atoms with Crippen molar-refractivity contribution in [2.75, 3.05) is 5.01 Å². The van der Waals surface area contributed by atoms with E-state index in [0.29, 0.717) is 17.7 Å². The Morgan fingerprint density at radius 1 is 1.44 bits per heavy atom. The van der Waals surface area contributed by atoms with Gasteiger partial charge in [0.2, 0.25) is 5.91 Å². The molecule has 0 bridgehead atoms. The van der Waals surface area contributed by atoms with Crippen molar-refractivity contribution in [3.05, 3.63) is 23.8 Å². The first-order valence-corrected chi connectivity index (χ1v) is 6.90. The highest BCUT2D eigenvalue weighted by Gasteiger charge is 2.28. The van der Waals surface area contributed by atoms with Gasteiger partial charge in [0.15, 0.2) is 0 Å². The maximum atomic E-state index is 11.7. The Labute approximate surface area is 105 Å². The molecule has 6 nitrogen and oxygen atoms in total. The van der Waals surface area contributed by atoms with E-state index in [9.17, 15) is 13.2 Å². The van der Waals surface area contributed by atoms with Gasteiger partial charge >= 0.3 is 0 Å². The SMILES string of the molecule is Cc1cc(S(=O)(=O)O)ccc1N1NC(C)CC1=O. The van der Waals surface area contributed by atoms with Gasteiger partial charge in [0.25, 0.3) is 10.1 Å². The van der Waals surface area contributed by atoms with Gasteiger partial charge in [-0.05, 0) is 37.6 Å². The standard InChI is InChI=1S/C11H14N2O4S/c1-7-5-9(18(15,16)17)3-4-10(7)13-11(14)6-8(2)12-13/h3-5,8,12H,6H2,1-2H3,(H,15,16,17). The molecule has 1 aromatic rings. The number of aryl methyl sites for hydroxylation is 1. The van der Waals surface area contributed by atoms with Crippen molar-refractivity contribution in [3.8, 4) is 0 Å². The van der Waals surface area contributed by atoms with Crippen LogP contribution in [0.15, 0.2) is 23.1 Å². The van der Waals surface area contributed by atoms with Gasteiger partial charge in [0, 0.05) is 12.5 Å². The van der Waals surface area contributed by atoms with E-state index in [-0.39, 0.29) is 16.8 Å². The minimum Gasteiger partial charge on any atom is -0.282 e. The average Bonchev–Trinajstić information content (AvgIpc) is 2.56. The third kappa shape index (κ3) is 2.38. The molecule has 7 heteroatoms. The highest BCUT2D eigenvalue weighted by atomic mass is 32.2. The number of hydrogen-bond acceptors (Lipinski definition) is 4. The van der Waals surface area contributed by atoms with Crippen LogP contribution in [-0.4, -0.2) is 24.9 Å². The molecule has 18 heavy (non-hydrogen) atoms. The lowest BCUT2D eigenvalue weighted by atomic mass is 10.2. The van der Waals surface area contributed by atoms with E-state index < -0.39 is 10.1 Å². The number of carbonyl (C=O) groups excluding carboxylic acids is 1. The van der Waals surface area contributed by atoms with Gasteiger partial charge in [0.1, 0.15) is 0 Å². The van der Waals surface area contributed by atoms with Gasteiger partial charge in [0.05, 0.1) is 10.6 Å². The molecule has 0 aromatic heterocycles. The molecule has 1 saturated heterocycles. The number of benzene rings is 1. The first-order valence-electron chi connectivity index (χ1n) is 5.46. The number of nitrogens with zero attached hydrogens (tertiary/aromatic N) is 1. The maximum Gasteiger partial charge on any atom is 0.294 e. The Morgan fingerprint density at radius 2 is 2.11 bits per heavy atom. The molecule has 1 aromatic carbocycles. The van der Waals surface area contributed by atoms with Crippen LogP contribution >= 0.6 is 0 Å². The molecular weight excluding hydrogens is 256 g/mol.